The van der Waals surface area contributed by atoms with Crippen LogP contribution in [0.1, 0.15) is 46.9 Å². The van der Waals surface area contributed by atoms with Crippen LogP contribution >= 0.6 is 0 Å². The van der Waals surface area contributed by atoms with Crippen LogP contribution in [0.5, 0.6) is 0 Å². The van der Waals surface area contributed by atoms with Crippen LogP contribution in [0.15, 0.2) is 42.7 Å². The summed E-state index contributed by atoms with van der Waals surface area (Å²) in [6.45, 7) is 3.75. The molecule has 1 saturated heterocycles. The number of pyridine rings is 1. The molecule has 2 aromatic rings. The van der Waals surface area contributed by atoms with Crippen LogP contribution in [-0.4, -0.2) is 41.5 Å². The highest BCUT2D eigenvalue weighted by Crippen LogP contribution is 2.19. The fourth-order valence-corrected chi connectivity index (χ4v) is 2.98. The summed E-state index contributed by atoms with van der Waals surface area (Å²) in [5.74, 6) is -0.312. The van der Waals surface area contributed by atoms with Crippen molar-refractivity contribution in [2.75, 3.05) is 25.0 Å². The van der Waals surface area contributed by atoms with Gasteiger partial charge < -0.3 is 15.0 Å². The van der Waals surface area contributed by atoms with E-state index in [0.717, 1.165) is 37.3 Å². The topological polar surface area (TPSA) is 71.5 Å². The fourth-order valence-electron chi connectivity index (χ4n) is 2.98. The van der Waals surface area contributed by atoms with Crippen LogP contribution in [0, 0.1) is 0 Å². The van der Waals surface area contributed by atoms with Gasteiger partial charge in [-0.3, -0.25) is 9.78 Å². The first-order valence-electron chi connectivity index (χ1n) is 8.96. The summed E-state index contributed by atoms with van der Waals surface area (Å²) < 4.78 is 4.97. The van der Waals surface area contributed by atoms with E-state index in [1.54, 1.807) is 43.6 Å². The zero-order chi connectivity index (χ0) is 18.4. The monoisotopic (exact) mass is 353 g/mol. The molecule has 6 heteroatoms. The first-order valence-corrected chi connectivity index (χ1v) is 8.96. The Labute approximate surface area is 153 Å². The first-order chi connectivity index (χ1) is 12.7. The maximum absolute atomic E-state index is 12.6. The third-order valence-corrected chi connectivity index (χ3v) is 4.31. The molecule has 0 saturated carbocycles. The van der Waals surface area contributed by atoms with Gasteiger partial charge in [0.1, 0.15) is 0 Å². The average Bonchev–Trinajstić information content (AvgIpc) is 2.69. The van der Waals surface area contributed by atoms with Crippen LogP contribution < -0.4 is 5.32 Å². The molecule has 1 aliphatic rings. The minimum absolute atomic E-state index is 0.0264. The van der Waals surface area contributed by atoms with Gasteiger partial charge in [-0.1, -0.05) is 0 Å². The number of likely N-dealkylation sites (tertiary alicyclic amines) is 1. The molecule has 136 valence electrons. The number of ether oxygens (including phenoxy) is 1. The molecule has 6 nitrogen and oxygen atoms in total. The lowest BCUT2D eigenvalue weighted by atomic mass is 10.1. The number of nitrogens with one attached hydrogen (secondary N) is 1. The minimum atomic E-state index is -0.338. The number of carbonyl (C=O) groups excluding carboxylic acids is 2. The fraction of sp³-hybridized carbons (Fsp3) is 0.350. The number of hydrogen-bond acceptors (Lipinski definition) is 5. The number of rotatable bonds is 5. The molecule has 1 N–H and O–H groups in total. The summed E-state index contributed by atoms with van der Waals surface area (Å²) in [7, 11) is 0. The van der Waals surface area contributed by atoms with Crippen molar-refractivity contribution >= 4 is 23.3 Å². The molecule has 0 aliphatic carbocycles. The highest BCUT2D eigenvalue weighted by molar-refractivity contribution is 5.95. The zero-order valence-electron chi connectivity index (χ0n) is 14.9. The van der Waals surface area contributed by atoms with Crippen LogP contribution in [0.2, 0.25) is 0 Å². The summed E-state index contributed by atoms with van der Waals surface area (Å²) >= 11 is 0. The minimum Gasteiger partial charge on any atom is -0.462 e. The van der Waals surface area contributed by atoms with Gasteiger partial charge >= 0.3 is 5.97 Å². The second-order valence-electron chi connectivity index (χ2n) is 6.24. The second-order valence-corrected chi connectivity index (χ2v) is 6.24. The van der Waals surface area contributed by atoms with Crippen molar-refractivity contribution in [3.05, 3.63) is 53.9 Å². The number of hydrogen-bond donors (Lipinski definition) is 1. The molecule has 0 spiro atoms. The number of aromatic nitrogens is 1. The van der Waals surface area contributed by atoms with E-state index in [1.807, 2.05) is 11.0 Å². The molecular formula is C20H23N3O3. The van der Waals surface area contributed by atoms with Gasteiger partial charge in [0.15, 0.2) is 0 Å². The Morgan fingerprint density at radius 3 is 2.46 bits per heavy atom. The molecule has 26 heavy (non-hydrogen) atoms. The van der Waals surface area contributed by atoms with Gasteiger partial charge in [-0.15, -0.1) is 0 Å². The standard InChI is InChI=1S/C20H23N3O3/c1-2-26-20(25)15-6-8-17(9-7-15)22-18-12-16(13-21-14-18)19(24)23-10-4-3-5-11-23/h6-9,12-14,22H,2-5,10-11H2,1H3. The number of esters is 1. The van der Waals surface area contributed by atoms with Crippen molar-refractivity contribution in [3.63, 3.8) is 0 Å². The normalized spacial score (nSPS) is 14.0. The van der Waals surface area contributed by atoms with Gasteiger partial charge in [0, 0.05) is 25.0 Å². The van der Waals surface area contributed by atoms with Gasteiger partial charge in [0.2, 0.25) is 0 Å². The van der Waals surface area contributed by atoms with Crippen molar-refractivity contribution < 1.29 is 14.3 Å². The van der Waals surface area contributed by atoms with E-state index in [2.05, 4.69) is 10.3 Å². The number of nitrogens with zero attached hydrogens (tertiary/aromatic N) is 2. The molecule has 1 aromatic heterocycles. The van der Waals surface area contributed by atoms with Gasteiger partial charge in [0.05, 0.1) is 29.6 Å². The molecule has 0 bridgehead atoms. The zero-order valence-corrected chi connectivity index (χ0v) is 14.9. The number of piperidine rings is 1. The summed E-state index contributed by atoms with van der Waals surface area (Å²) in [5, 5.41) is 3.21. The lowest BCUT2D eigenvalue weighted by Gasteiger charge is -2.26. The molecule has 1 aromatic carbocycles. The number of anilines is 2. The Bertz CT molecular complexity index is 768. The molecule has 1 amide bonds. The predicted molar refractivity (Wildman–Crippen MR) is 99.7 cm³/mol. The Hall–Kier alpha value is -2.89. The summed E-state index contributed by atoms with van der Waals surface area (Å²) in [6.07, 6.45) is 6.58. The van der Waals surface area contributed by atoms with E-state index in [4.69, 9.17) is 4.74 Å². The van der Waals surface area contributed by atoms with Crippen molar-refractivity contribution in [2.45, 2.75) is 26.2 Å². The lowest BCUT2D eigenvalue weighted by Crippen LogP contribution is -2.35. The van der Waals surface area contributed by atoms with E-state index in [-0.39, 0.29) is 11.9 Å². The SMILES string of the molecule is CCOC(=O)c1ccc(Nc2cncc(C(=O)N3CCCCC3)c2)cc1. The Balaban J connectivity index is 1.68. The van der Waals surface area contributed by atoms with E-state index >= 15 is 0 Å². The van der Waals surface area contributed by atoms with Crippen molar-refractivity contribution in [1.82, 2.24) is 9.88 Å². The van der Waals surface area contributed by atoms with E-state index in [0.29, 0.717) is 17.7 Å². The Kier molecular flexibility index (Phi) is 5.84. The van der Waals surface area contributed by atoms with Crippen LogP contribution in [0.3, 0.4) is 0 Å². The summed E-state index contributed by atoms with van der Waals surface area (Å²) in [6, 6.07) is 8.81. The summed E-state index contributed by atoms with van der Waals surface area (Å²) in [4.78, 5) is 30.4. The van der Waals surface area contributed by atoms with Crippen LogP contribution in [-0.2, 0) is 4.74 Å². The van der Waals surface area contributed by atoms with Gasteiger partial charge in [-0.25, -0.2) is 4.79 Å². The lowest BCUT2D eigenvalue weighted by molar-refractivity contribution is 0.0526. The van der Waals surface area contributed by atoms with Crippen molar-refractivity contribution in [3.8, 4) is 0 Å². The first kappa shape index (κ1) is 17.9. The molecule has 3 rings (SSSR count). The highest BCUT2D eigenvalue weighted by atomic mass is 16.5. The summed E-state index contributed by atoms with van der Waals surface area (Å²) in [5.41, 5.74) is 2.63. The Morgan fingerprint density at radius 2 is 1.77 bits per heavy atom. The second kappa shape index (κ2) is 8.47. The van der Waals surface area contributed by atoms with Gasteiger partial charge in [-0.05, 0) is 56.5 Å². The van der Waals surface area contributed by atoms with Crippen LogP contribution in [0.25, 0.3) is 0 Å². The maximum atomic E-state index is 12.6. The molecule has 0 unspecified atom stereocenters. The average molecular weight is 353 g/mol. The molecule has 1 aliphatic heterocycles. The van der Waals surface area contributed by atoms with E-state index in [9.17, 15) is 9.59 Å². The molecule has 0 atom stereocenters. The molecule has 0 radical (unpaired) electrons. The third-order valence-electron chi connectivity index (χ3n) is 4.31. The maximum Gasteiger partial charge on any atom is 0.338 e. The Morgan fingerprint density at radius 1 is 1.04 bits per heavy atom. The number of amides is 1. The van der Waals surface area contributed by atoms with Gasteiger partial charge in [0.25, 0.3) is 5.91 Å². The number of carbonyl (C=O) groups is 2. The third kappa shape index (κ3) is 4.39. The molecular weight excluding hydrogens is 330 g/mol. The van der Waals surface area contributed by atoms with E-state index < -0.39 is 0 Å². The largest absolute Gasteiger partial charge is 0.462 e. The smallest absolute Gasteiger partial charge is 0.338 e. The van der Waals surface area contributed by atoms with Crippen molar-refractivity contribution in [2.24, 2.45) is 0 Å². The van der Waals surface area contributed by atoms with E-state index in [1.165, 1.54) is 6.42 Å². The molecule has 1 fully saturated rings. The van der Waals surface area contributed by atoms with Gasteiger partial charge in [-0.2, -0.15) is 0 Å². The van der Waals surface area contributed by atoms with Crippen LogP contribution in [0.4, 0.5) is 11.4 Å². The quantitative estimate of drug-likeness (QED) is 0.831. The number of benzene rings is 1. The predicted octanol–water partition coefficient (Wildman–Crippen LogP) is 3.63. The molecule has 2 heterocycles. The van der Waals surface area contributed by atoms with Crippen molar-refractivity contribution in [1.29, 1.82) is 0 Å². The highest BCUT2D eigenvalue weighted by Gasteiger charge is 2.18.